The van der Waals surface area contributed by atoms with E-state index in [1.54, 1.807) is 32.9 Å². The van der Waals surface area contributed by atoms with Gasteiger partial charge in [-0.3, -0.25) is 23.9 Å². The number of fused-ring (bicyclic) bond motifs is 1. The first kappa shape index (κ1) is 19.3. The first-order valence-electron chi connectivity index (χ1n) is 8.62. The third-order valence-corrected chi connectivity index (χ3v) is 4.66. The number of esters is 1. The fourth-order valence-corrected chi connectivity index (χ4v) is 3.22. The Bertz CT molecular complexity index is 1130. The van der Waals surface area contributed by atoms with Crippen molar-refractivity contribution in [3.8, 4) is 5.69 Å². The van der Waals surface area contributed by atoms with Crippen molar-refractivity contribution in [1.82, 2.24) is 9.55 Å². The Hall–Kier alpha value is -3.49. The quantitative estimate of drug-likeness (QED) is 0.784. The summed E-state index contributed by atoms with van der Waals surface area (Å²) in [5.74, 6) is -1.68. The molecule has 0 spiro atoms. The number of aromatic nitrogens is 2. The summed E-state index contributed by atoms with van der Waals surface area (Å²) in [5, 5.41) is 0. The molecule has 1 aliphatic rings. The predicted octanol–water partition coefficient (Wildman–Crippen LogP) is 0.873. The van der Waals surface area contributed by atoms with Gasteiger partial charge in [0.05, 0.1) is 23.4 Å². The van der Waals surface area contributed by atoms with Crippen LogP contribution in [0, 0.1) is 0 Å². The normalized spacial score (nSPS) is 14.7. The van der Waals surface area contributed by atoms with Crippen molar-refractivity contribution in [3.05, 3.63) is 56.4 Å². The van der Waals surface area contributed by atoms with Crippen molar-refractivity contribution in [1.29, 1.82) is 0 Å². The molecule has 0 saturated carbocycles. The number of carbonyl (C=O) groups is 3. The number of rotatable bonds is 3. The van der Waals surface area contributed by atoms with Crippen molar-refractivity contribution in [3.63, 3.8) is 0 Å². The summed E-state index contributed by atoms with van der Waals surface area (Å²) in [6.45, 7) is 6.36. The molecule has 2 aromatic rings. The van der Waals surface area contributed by atoms with Crippen molar-refractivity contribution >= 4 is 23.5 Å². The SMILES string of the molecule is CCOC(=O)c1cn(-c2ccc3c(c2)N(C(C)=O)C(=O)C3(C)C)c(=O)[nH]c1=O. The number of nitrogens with one attached hydrogen (secondary N) is 1. The van der Waals surface area contributed by atoms with Crippen LogP contribution in [0.5, 0.6) is 0 Å². The average Bonchev–Trinajstić information content (AvgIpc) is 2.81. The van der Waals surface area contributed by atoms with Crippen LogP contribution in [0.25, 0.3) is 5.69 Å². The van der Waals surface area contributed by atoms with Gasteiger partial charge in [-0.2, -0.15) is 0 Å². The van der Waals surface area contributed by atoms with Gasteiger partial charge in [-0.1, -0.05) is 6.07 Å². The number of benzene rings is 1. The van der Waals surface area contributed by atoms with E-state index in [0.29, 0.717) is 11.3 Å². The fourth-order valence-electron chi connectivity index (χ4n) is 3.22. The molecule has 0 bridgehead atoms. The van der Waals surface area contributed by atoms with E-state index < -0.39 is 28.5 Å². The summed E-state index contributed by atoms with van der Waals surface area (Å²) in [6.07, 6.45) is 1.08. The van der Waals surface area contributed by atoms with Crippen LogP contribution in [-0.4, -0.2) is 33.9 Å². The zero-order valence-corrected chi connectivity index (χ0v) is 15.9. The van der Waals surface area contributed by atoms with E-state index in [0.717, 1.165) is 15.7 Å². The summed E-state index contributed by atoms with van der Waals surface area (Å²) < 4.78 is 5.89. The van der Waals surface area contributed by atoms with E-state index in [9.17, 15) is 24.0 Å². The van der Waals surface area contributed by atoms with Gasteiger partial charge in [0.15, 0.2) is 0 Å². The first-order valence-corrected chi connectivity index (χ1v) is 8.62. The van der Waals surface area contributed by atoms with Gasteiger partial charge < -0.3 is 4.74 Å². The Morgan fingerprint density at radius 2 is 1.86 bits per heavy atom. The lowest BCUT2D eigenvalue weighted by Crippen LogP contribution is -2.39. The average molecular weight is 385 g/mol. The molecule has 1 aromatic carbocycles. The second kappa shape index (κ2) is 6.59. The summed E-state index contributed by atoms with van der Waals surface area (Å²) >= 11 is 0. The number of aromatic amines is 1. The van der Waals surface area contributed by atoms with E-state index in [4.69, 9.17) is 4.74 Å². The fraction of sp³-hybridized carbons (Fsp3) is 0.316. The summed E-state index contributed by atoms with van der Waals surface area (Å²) in [6, 6.07) is 4.72. The van der Waals surface area contributed by atoms with Gasteiger partial charge in [-0.25, -0.2) is 14.5 Å². The zero-order chi connectivity index (χ0) is 20.8. The number of imide groups is 1. The predicted molar refractivity (Wildman–Crippen MR) is 99.8 cm³/mol. The molecular weight excluding hydrogens is 366 g/mol. The van der Waals surface area contributed by atoms with Crippen LogP contribution in [0.15, 0.2) is 34.0 Å². The number of amides is 2. The largest absolute Gasteiger partial charge is 0.462 e. The number of carbonyl (C=O) groups excluding carboxylic acids is 3. The molecule has 28 heavy (non-hydrogen) atoms. The van der Waals surface area contributed by atoms with E-state index in [2.05, 4.69) is 4.98 Å². The molecule has 2 heterocycles. The Morgan fingerprint density at radius 3 is 2.46 bits per heavy atom. The highest BCUT2D eigenvalue weighted by molar-refractivity contribution is 6.22. The maximum absolute atomic E-state index is 12.6. The highest BCUT2D eigenvalue weighted by atomic mass is 16.5. The molecule has 9 nitrogen and oxygen atoms in total. The molecular formula is C19H19N3O6. The van der Waals surface area contributed by atoms with Gasteiger partial charge in [0.2, 0.25) is 11.8 Å². The maximum atomic E-state index is 12.6. The van der Waals surface area contributed by atoms with E-state index in [1.165, 1.54) is 13.0 Å². The summed E-state index contributed by atoms with van der Waals surface area (Å²) in [4.78, 5) is 63.9. The monoisotopic (exact) mass is 385 g/mol. The van der Waals surface area contributed by atoms with Gasteiger partial charge in [0, 0.05) is 13.1 Å². The Morgan fingerprint density at radius 1 is 1.18 bits per heavy atom. The van der Waals surface area contributed by atoms with Crippen LogP contribution in [-0.2, 0) is 19.7 Å². The first-order chi connectivity index (χ1) is 13.1. The van der Waals surface area contributed by atoms with Crippen molar-refractivity contribution < 1.29 is 19.1 Å². The van der Waals surface area contributed by atoms with E-state index in [-0.39, 0.29) is 23.8 Å². The zero-order valence-electron chi connectivity index (χ0n) is 15.9. The Balaban J connectivity index is 2.20. The standard InChI is InChI=1S/C19H19N3O6/c1-5-28-16(25)12-9-21(18(27)20-15(12)24)11-6-7-13-14(8-11)22(10(2)23)17(26)19(13,3)4/h6-9H,5H2,1-4H3,(H,20,24,27). The molecule has 146 valence electrons. The molecule has 0 fully saturated rings. The number of H-pyrrole nitrogens is 1. The lowest BCUT2D eigenvalue weighted by atomic mass is 9.86. The highest BCUT2D eigenvalue weighted by Gasteiger charge is 2.45. The molecule has 9 heteroatoms. The Labute approximate surface area is 159 Å². The molecule has 2 amide bonds. The van der Waals surface area contributed by atoms with E-state index in [1.807, 2.05) is 0 Å². The maximum Gasteiger partial charge on any atom is 0.345 e. The van der Waals surface area contributed by atoms with Crippen molar-refractivity contribution in [2.75, 3.05) is 11.5 Å². The summed E-state index contributed by atoms with van der Waals surface area (Å²) in [7, 11) is 0. The third-order valence-electron chi connectivity index (χ3n) is 4.66. The minimum absolute atomic E-state index is 0.0704. The van der Waals surface area contributed by atoms with Gasteiger partial charge in [0.25, 0.3) is 5.56 Å². The lowest BCUT2D eigenvalue weighted by Gasteiger charge is -2.17. The summed E-state index contributed by atoms with van der Waals surface area (Å²) in [5.41, 5.74) is -1.58. The van der Waals surface area contributed by atoms with Crippen molar-refractivity contribution in [2.24, 2.45) is 0 Å². The topological polar surface area (TPSA) is 119 Å². The molecule has 0 atom stereocenters. The second-order valence-corrected chi connectivity index (χ2v) is 6.88. The van der Waals surface area contributed by atoms with Crippen LogP contribution in [0.3, 0.4) is 0 Å². The number of ether oxygens (including phenoxy) is 1. The van der Waals surface area contributed by atoms with E-state index >= 15 is 0 Å². The minimum Gasteiger partial charge on any atom is -0.462 e. The molecule has 1 aromatic heterocycles. The Kier molecular flexibility index (Phi) is 4.54. The molecule has 0 unspecified atom stereocenters. The van der Waals surface area contributed by atoms with Crippen LogP contribution in [0.4, 0.5) is 5.69 Å². The van der Waals surface area contributed by atoms with Gasteiger partial charge in [0.1, 0.15) is 5.56 Å². The molecule has 1 N–H and O–H groups in total. The van der Waals surface area contributed by atoms with Gasteiger partial charge in [-0.05, 0) is 38.5 Å². The van der Waals surface area contributed by atoms with Gasteiger partial charge in [-0.15, -0.1) is 0 Å². The molecule has 0 saturated heterocycles. The number of anilines is 1. The molecule has 0 radical (unpaired) electrons. The second-order valence-electron chi connectivity index (χ2n) is 6.88. The number of hydrogen-bond acceptors (Lipinski definition) is 6. The molecule has 3 rings (SSSR count). The molecule has 0 aliphatic carbocycles. The van der Waals surface area contributed by atoms with Crippen LogP contribution in [0.2, 0.25) is 0 Å². The number of nitrogens with zero attached hydrogens (tertiary/aromatic N) is 2. The minimum atomic E-state index is -0.897. The highest BCUT2D eigenvalue weighted by Crippen LogP contribution is 2.42. The smallest absolute Gasteiger partial charge is 0.345 e. The lowest BCUT2D eigenvalue weighted by molar-refractivity contribution is -0.127. The van der Waals surface area contributed by atoms with Gasteiger partial charge >= 0.3 is 11.7 Å². The van der Waals surface area contributed by atoms with Crippen molar-refractivity contribution in [2.45, 2.75) is 33.1 Å². The van der Waals surface area contributed by atoms with Crippen LogP contribution in [0.1, 0.15) is 43.6 Å². The third kappa shape index (κ3) is 2.84. The van der Waals surface area contributed by atoms with Crippen LogP contribution < -0.4 is 16.1 Å². The molecule has 1 aliphatic heterocycles. The number of hydrogen-bond donors (Lipinski definition) is 1. The van der Waals surface area contributed by atoms with Crippen LogP contribution >= 0.6 is 0 Å².